The van der Waals surface area contributed by atoms with Gasteiger partial charge in [-0.3, -0.25) is 14.7 Å². The maximum absolute atomic E-state index is 13.1. The van der Waals surface area contributed by atoms with Gasteiger partial charge in [0.25, 0.3) is 0 Å². The Labute approximate surface area is 167 Å². The number of hydrogen-bond donors (Lipinski definition) is 1. The van der Waals surface area contributed by atoms with Crippen molar-refractivity contribution >= 4 is 12.0 Å². The van der Waals surface area contributed by atoms with Crippen LogP contribution in [0.2, 0.25) is 0 Å². The summed E-state index contributed by atoms with van der Waals surface area (Å²) >= 11 is 0. The fourth-order valence-electron chi connectivity index (χ4n) is 4.70. The largest absolute Gasteiger partial charge is 0.348 e. The summed E-state index contributed by atoms with van der Waals surface area (Å²) in [5.41, 5.74) is 3.17. The average Bonchev–Trinajstić information content (AvgIpc) is 2.75. The molecular weight excluding hydrogens is 346 g/mol. The number of hydrogen-bond acceptors (Lipinski definition) is 3. The van der Waals surface area contributed by atoms with Gasteiger partial charge in [0.15, 0.2) is 0 Å². The van der Waals surface area contributed by atoms with E-state index in [1.807, 2.05) is 54.9 Å². The molecule has 1 N–H and O–H groups in total. The minimum absolute atomic E-state index is 0.0845. The van der Waals surface area contributed by atoms with Gasteiger partial charge in [-0.25, -0.2) is 0 Å². The molecule has 0 saturated carbocycles. The van der Waals surface area contributed by atoms with Gasteiger partial charge < -0.3 is 5.32 Å². The van der Waals surface area contributed by atoms with Crippen LogP contribution in [0.4, 0.5) is 0 Å². The normalized spacial score (nSPS) is 26.8. The van der Waals surface area contributed by atoms with Gasteiger partial charge >= 0.3 is 0 Å². The fourth-order valence-corrected chi connectivity index (χ4v) is 4.70. The molecule has 4 nitrogen and oxygen atoms in total. The van der Waals surface area contributed by atoms with Crippen molar-refractivity contribution in [2.45, 2.75) is 44.7 Å². The van der Waals surface area contributed by atoms with Crippen LogP contribution in [0.15, 0.2) is 60.4 Å². The standard InChI is InChI=1S/C24H29N3O/c1-2-20(15-18-7-4-3-5-8-18)24(28)26-23-21-10-13-27(14-11-21)22(23)16-19-9-6-12-25-17-19/h3-9,12,15,17,21-23H,2,10-11,13-14,16H2,1H3,(H,26,28). The quantitative estimate of drug-likeness (QED) is 0.783. The molecule has 1 amide bonds. The molecule has 4 heterocycles. The van der Waals surface area contributed by atoms with Crippen LogP contribution in [0.3, 0.4) is 0 Å². The van der Waals surface area contributed by atoms with Crippen LogP contribution in [-0.4, -0.2) is 41.0 Å². The molecule has 1 aromatic heterocycles. The first kappa shape index (κ1) is 18.9. The lowest BCUT2D eigenvalue weighted by atomic mass is 9.76. The summed E-state index contributed by atoms with van der Waals surface area (Å²) in [4.78, 5) is 19.9. The summed E-state index contributed by atoms with van der Waals surface area (Å²) in [7, 11) is 0. The highest BCUT2D eigenvalue weighted by Crippen LogP contribution is 2.34. The smallest absolute Gasteiger partial charge is 0.247 e. The summed E-state index contributed by atoms with van der Waals surface area (Å²) in [5, 5.41) is 3.42. The Morgan fingerprint density at radius 2 is 1.96 bits per heavy atom. The molecule has 0 aliphatic carbocycles. The third kappa shape index (κ3) is 4.17. The molecule has 3 saturated heterocycles. The molecule has 2 atom stereocenters. The van der Waals surface area contributed by atoms with Gasteiger partial charge in [0.1, 0.15) is 0 Å². The summed E-state index contributed by atoms with van der Waals surface area (Å²) in [6.45, 7) is 4.34. The van der Waals surface area contributed by atoms with Crippen LogP contribution < -0.4 is 5.32 Å². The van der Waals surface area contributed by atoms with Crippen LogP contribution in [-0.2, 0) is 11.2 Å². The third-order valence-electron chi connectivity index (χ3n) is 6.24. The molecule has 146 valence electrons. The molecule has 2 aromatic rings. The third-order valence-corrected chi connectivity index (χ3v) is 6.24. The van der Waals surface area contributed by atoms with Gasteiger partial charge in [-0.05, 0) is 68.0 Å². The van der Waals surface area contributed by atoms with E-state index in [0.29, 0.717) is 12.0 Å². The predicted octanol–water partition coefficient (Wildman–Crippen LogP) is 3.70. The minimum atomic E-state index is 0.0845. The zero-order valence-corrected chi connectivity index (χ0v) is 16.6. The molecule has 28 heavy (non-hydrogen) atoms. The molecule has 3 fully saturated rings. The summed E-state index contributed by atoms with van der Waals surface area (Å²) in [5.74, 6) is 0.659. The lowest BCUT2D eigenvalue weighted by Crippen LogP contribution is -2.64. The van der Waals surface area contributed by atoms with Crippen LogP contribution in [0, 0.1) is 5.92 Å². The molecule has 0 spiro atoms. The van der Waals surface area contributed by atoms with E-state index in [1.165, 1.54) is 18.4 Å². The predicted molar refractivity (Wildman–Crippen MR) is 113 cm³/mol. The number of amides is 1. The van der Waals surface area contributed by atoms with E-state index < -0.39 is 0 Å². The van der Waals surface area contributed by atoms with Gasteiger partial charge in [-0.15, -0.1) is 0 Å². The fraction of sp³-hybridized carbons (Fsp3) is 0.417. The number of benzene rings is 1. The van der Waals surface area contributed by atoms with E-state index in [2.05, 4.69) is 28.2 Å². The van der Waals surface area contributed by atoms with Gasteiger partial charge in [-0.2, -0.15) is 0 Å². The van der Waals surface area contributed by atoms with Gasteiger partial charge in [0, 0.05) is 30.1 Å². The highest BCUT2D eigenvalue weighted by molar-refractivity contribution is 5.98. The number of nitrogens with zero attached hydrogens (tertiary/aromatic N) is 2. The Kier molecular flexibility index (Phi) is 5.87. The molecule has 0 radical (unpaired) electrons. The Hall–Kier alpha value is -2.46. The van der Waals surface area contributed by atoms with Crippen LogP contribution in [0.25, 0.3) is 6.08 Å². The minimum Gasteiger partial charge on any atom is -0.348 e. The first-order valence-corrected chi connectivity index (χ1v) is 10.4. The van der Waals surface area contributed by atoms with Crippen molar-refractivity contribution in [1.29, 1.82) is 0 Å². The number of carbonyl (C=O) groups is 1. The van der Waals surface area contributed by atoms with E-state index in [1.54, 1.807) is 0 Å². The Morgan fingerprint density at radius 3 is 2.64 bits per heavy atom. The van der Waals surface area contributed by atoms with Crippen molar-refractivity contribution in [2.75, 3.05) is 13.1 Å². The summed E-state index contributed by atoms with van der Waals surface area (Å²) in [6, 6.07) is 14.8. The molecule has 3 aliphatic rings. The number of aromatic nitrogens is 1. The van der Waals surface area contributed by atoms with E-state index in [-0.39, 0.29) is 11.9 Å². The van der Waals surface area contributed by atoms with Gasteiger partial charge in [-0.1, -0.05) is 43.3 Å². The number of nitrogens with one attached hydrogen (secondary N) is 1. The first-order chi connectivity index (χ1) is 13.7. The topological polar surface area (TPSA) is 45.2 Å². The van der Waals surface area contributed by atoms with E-state index in [4.69, 9.17) is 0 Å². The Bertz CT molecular complexity index is 810. The van der Waals surface area contributed by atoms with E-state index >= 15 is 0 Å². The summed E-state index contributed by atoms with van der Waals surface area (Å²) < 4.78 is 0. The van der Waals surface area contributed by atoms with E-state index in [0.717, 1.165) is 37.1 Å². The van der Waals surface area contributed by atoms with Gasteiger partial charge in [0.05, 0.1) is 0 Å². The highest BCUT2D eigenvalue weighted by Gasteiger charge is 2.42. The Balaban J connectivity index is 1.52. The highest BCUT2D eigenvalue weighted by atomic mass is 16.1. The Morgan fingerprint density at radius 1 is 1.18 bits per heavy atom. The zero-order chi connectivity index (χ0) is 19.3. The SMILES string of the molecule is CCC(=Cc1ccccc1)C(=O)NC1C2CCN(CC2)C1Cc1cccnc1. The van der Waals surface area contributed by atoms with Crippen molar-refractivity contribution in [2.24, 2.45) is 5.92 Å². The number of fused-ring (bicyclic) bond motifs is 3. The maximum atomic E-state index is 13.1. The molecule has 4 heteroatoms. The second-order valence-corrected chi connectivity index (χ2v) is 7.94. The van der Waals surface area contributed by atoms with Crippen LogP contribution in [0.1, 0.15) is 37.3 Å². The molecular formula is C24H29N3O. The number of pyridine rings is 1. The molecule has 5 rings (SSSR count). The van der Waals surface area contributed by atoms with Crippen LogP contribution >= 0.6 is 0 Å². The van der Waals surface area contributed by atoms with Crippen molar-refractivity contribution in [3.8, 4) is 0 Å². The van der Waals surface area contributed by atoms with E-state index in [9.17, 15) is 4.79 Å². The number of carbonyl (C=O) groups excluding carboxylic acids is 1. The number of rotatable bonds is 6. The lowest BCUT2D eigenvalue weighted by Gasteiger charge is -2.51. The second-order valence-electron chi connectivity index (χ2n) is 7.94. The van der Waals surface area contributed by atoms with Crippen molar-refractivity contribution in [1.82, 2.24) is 15.2 Å². The second kappa shape index (κ2) is 8.70. The zero-order valence-electron chi connectivity index (χ0n) is 16.6. The van der Waals surface area contributed by atoms with Crippen molar-refractivity contribution in [3.63, 3.8) is 0 Å². The maximum Gasteiger partial charge on any atom is 0.247 e. The van der Waals surface area contributed by atoms with Crippen molar-refractivity contribution < 1.29 is 4.79 Å². The lowest BCUT2D eigenvalue weighted by molar-refractivity contribution is -0.120. The monoisotopic (exact) mass is 375 g/mol. The first-order valence-electron chi connectivity index (χ1n) is 10.4. The van der Waals surface area contributed by atoms with Crippen molar-refractivity contribution in [3.05, 3.63) is 71.6 Å². The van der Waals surface area contributed by atoms with Crippen LogP contribution in [0.5, 0.6) is 0 Å². The molecule has 2 unspecified atom stereocenters. The molecule has 2 bridgehead atoms. The number of piperidine rings is 3. The molecule has 1 aromatic carbocycles. The molecule has 3 aliphatic heterocycles. The van der Waals surface area contributed by atoms with Gasteiger partial charge in [0.2, 0.25) is 5.91 Å². The average molecular weight is 376 g/mol. The summed E-state index contributed by atoms with van der Waals surface area (Å²) in [6.07, 6.45) is 9.82.